The van der Waals surface area contributed by atoms with Gasteiger partial charge in [0, 0.05) is 0 Å². The summed E-state index contributed by atoms with van der Waals surface area (Å²) in [5.41, 5.74) is 4.04. The van der Waals surface area contributed by atoms with E-state index < -0.39 is 0 Å². The van der Waals surface area contributed by atoms with Gasteiger partial charge in [-0.05, 0) is 55.3 Å². The van der Waals surface area contributed by atoms with Gasteiger partial charge in [0.1, 0.15) is 5.75 Å². The van der Waals surface area contributed by atoms with Crippen LogP contribution in [0, 0.1) is 0 Å². The number of aromatic hydroxyl groups is 1. The molecule has 0 radical (unpaired) electrons. The minimum atomic E-state index is -0.242. The molecular formula is C19H22N2O4. The molecule has 6 heteroatoms. The van der Waals surface area contributed by atoms with Crippen LogP contribution in [-0.4, -0.2) is 30.4 Å². The highest BCUT2D eigenvalue weighted by Crippen LogP contribution is 2.28. The molecule has 0 heterocycles. The molecule has 6 nitrogen and oxygen atoms in total. The normalized spacial score (nSPS) is 10.9. The molecule has 0 aliphatic rings. The fraction of sp³-hybridized carbons (Fsp3) is 0.263. The number of rotatable bonds is 7. The van der Waals surface area contributed by atoms with Crippen molar-refractivity contribution in [3.63, 3.8) is 0 Å². The number of phenolic OH excluding ortho intramolecular Hbond substituents is 1. The Labute approximate surface area is 147 Å². The van der Waals surface area contributed by atoms with Crippen LogP contribution in [0.2, 0.25) is 0 Å². The van der Waals surface area contributed by atoms with Crippen LogP contribution in [0.4, 0.5) is 0 Å². The van der Waals surface area contributed by atoms with E-state index in [1.54, 1.807) is 43.5 Å². The first-order chi connectivity index (χ1) is 12.0. The SMILES string of the molecule is COc1cc(/C=N\NC(=O)Cc2ccc(O)cc2)ccc1OC(C)C. The summed E-state index contributed by atoms with van der Waals surface area (Å²) in [7, 11) is 1.57. The highest BCUT2D eigenvalue weighted by molar-refractivity contribution is 5.84. The maximum atomic E-state index is 11.9. The van der Waals surface area contributed by atoms with Crippen molar-refractivity contribution in [2.75, 3.05) is 7.11 Å². The third-order valence-electron chi connectivity index (χ3n) is 3.25. The molecule has 0 saturated carbocycles. The van der Waals surface area contributed by atoms with Gasteiger partial charge in [0.15, 0.2) is 11.5 Å². The number of benzene rings is 2. The van der Waals surface area contributed by atoms with Gasteiger partial charge >= 0.3 is 0 Å². The second kappa shape index (κ2) is 8.73. The van der Waals surface area contributed by atoms with Crippen LogP contribution in [-0.2, 0) is 11.2 Å². The average Bonchev–Trinajstić information content (AvgIpc) is 2.57. The Morgan fingerprint density at radius 2 is 1.92 bits per heavy atom. The van der Waals surface area contributed by atoms with Crippen LogP contribution >= 0.6 is 0 Å². The van der Waals surface area contributed by atoms with E-state index in [9.17, 15) is 9.90 Å². The van der Waals surface area contributed by atoms with E-state index in [1.807, 2.05) is 19.9 Å². The van der Waals surface area contributed by atoms with Gasteiger partial charge in [-0.25, -0.2) is 5.43 Å². The molecule has 0 spiro atoms. The largest absolute Gasteiger partial charge is 0.508 e. The van der Waals surface area contributed by atoms with Crippen molar-refractivity contribution >= 4 is 12.1 Å². The van der Waals surface area contributed by atoms with Crippen molar-refractivity contribution in [2.24, 2.45) is 5.10 Å². The summed E-state index contributed by atoms with van der Waals surface area (Å²) >= 11 is 0. The molecule has 1 amide bonds. The van der Waals surface area contributed by atoms with E-state index in [2.05, 4.69) is 10.5 Å². The van der Waals surface area contributed by atoms with Crippen LogP contribution in [0.1, 0.15) is 25.0 Å². The fourth-order valence-corrected chi connectivity index (χ4v) is 2.13. The number of hydrogen-bond donors (Lipinski definition) is 2. The lowest BCUT2D eigenvalue weighted by molar-refractivity contribution is -0.120. The minimum absolute atomic E-state index is 0.0487. The lowest BCUT2D eigenvalue weighted by Gasteiger charge is -2.13. The smallest absolute Gasteiger partial charge is 0.244 e. The second-order valence-corrected chi connectivity index (χ2v) is 5.71. The Bertz CT molecular complexity index is 740. The number of carbonyl (C=O) groups excluding carboxylic acids is 1. The van der Waals surface area contributed by atoms with E-state index >= 15 is 0 Å². The number of nitrogens with zero attached hydrogens (tertiary/aromatic N) is 1. The highest BCUT2D eigenvalue weighted by atomic mass is 16.5. The zero-order valence-corrected chi connectivity index (χ0v) is 14.5. The van der Waals surface area contributed by atoms with Gasteiger partial charge in [0.05, 0.1) is 25.8 Å². The predicted molar refractivity (Wildman–Crippen MR) is 96.3 cm³/mol. The third kappa shape index (κ3) is 5.84. The first kappa shape index (κ1) is 18.3. The van der Waals surface area contributed by atoms with Gasteiger partial charge in [0.2, 0.25) is 5.91 Å². The molecule has 0 saturated heterocycles. The molecule has 132 valence electrons. The number of carbonyl (C=O) groups is 1. The molecule has 0 aromatic heterocycles. The number of methoxy groups -OCH3 is 1. The van der Waals surface area contributed by atoms with Crippen LogP contribution < -0.4 is 14.9 Å². The van der Waals surface area contributed by atoms with Crippen molar-refractivity contribution in [1.82, 2.24) is 5.43 Å². The first-order valence-corrected chi connectivity index (χ1v) is 7.92. The Hall–Kier alpha value is -3.02. The number of phenols is 1. The quantitative estimate of drug-likeness (QED) is 0.599. The van der Waals surface area contributed by atoms with Gasteiger partial charge in [-0.3, -0.25) is 4.79 Å². The molecule has 0 fully saturated rings. The number of ether oxygens (including phenoxy) is 2. The van der Waals surface area contributed by atoms with Crippen LogP contribution in [0.5, 0.6) is 17.2 Å². The third-order valence-corrected chi connectivity index (χ3v) is 3.25. The number of hydrogen-bond acceptors (Lipinski definition) is 5. The molecule has 2 aromatic carbocycles. The zero-order chi connectivity index (χ0) is 18.2. The molecule has 0 bridgehead atoms. The maximum absolute atomic E-state index is 11.9. The lowest BCUT2D eigenvalue weighted by atomic mass is 10.1. The summed E-state index contributed by atoms with van der Waals surface area (Å²) in [5, 5.41) is 13.2. The molecule has 0 unspecified atom stereocenters. The Morgan fingerprint density at radius 3 is 2.56 bits per heavy atom. The predicted octanol–water partition coefficient (Wildman–Crippen LogP) is 2.88. The van der Waals surface area contributed by atoms with E-state index in [1.165, 1.54) is 6.21 Å². The van der Waals surface area contributed by atoms with E-state index in [0.717, 1.165) is 11.1 Å². The van der Waals surface area contributed by atoms with Crippen molar-refractivity contribution in [3.8, 4) is 17.2 Å². The fourth-order valence-electron chi connectivity index (χ4n) is 2.13. The van der Waals surface area contributed by atoms with Gasteiger partial charge in [-0.2, -0.15) is 5.10 Å². The van der Waals surface area contributed by atoms with E-state index in [0.29, 0.717) is 11.5 Å². The summed E-state index contributed by atoms with van der Waals surface area (Å²) < 4.78 is 11.0. The molecule has 2 rings (SSSR count). The molecule has 25 heavy (non-hydrogen) atoms. The molecule has 0 atom stereocenters. The molecule has 0 aliphatic carbocycles. The number of nitrogens with one attached hydrogen (secondary N) is 1. The first-order valence-electron chi connectivity index (χ1n) is 7.92. The minimum Gasteiger partial charge on any atom is -0.508 e. The number of hydrazone groups is 1. The summed E-state index contributed by atoms with van der Waals surface area (Å²) in [4.78, 5) is 11.9. The van der Waals surface area contributed by atoms with Crippen LogP contribution in [0.25, 0.3) is 0 Å². The van der Waals surface area contributed by atoms with Crippen molar-refractivity contribution < 1.29 is 19.4 Å². The lowest BCUT2D eigenvalue weighted by Crippen LogP contribution is -2.19. The Balaban J connectivity index is 1.94. The van der Waals surface area contributed by atoms with Gasteiger partial charge in [-0.1, -0.05) is 12.1 Å². The number of amides is 1. The van der Waals surface area contributed by atoms with Crippen molar-refractivity contribution in [3.05, 3.63) is 53.6 Å². The maximum Gasteiger partial charge on any atom is 0.244 e. The van der Waals surface area contributed by atoms with E-state index in [-0.39, 0.29) is 24.2 Å². The van der Waals surface area contributed by atoms with Gasteiger partial charge in [0.25, 0.3) is 0 Å². The second-order valence-electron chi connectivity index (χ2n) is 5.71. The standard InChI is InChI=1S/C19H22N2O4/c1-13(2)25-17-9-6-15(10-18(17)24-3)12-20-21-19(23)11-14-4-7-16(22)8-5-14/h4-10,12-13,22H,11H2,1-3H3,(H,21,23)/b20-12-. The molecular weight excluding hydrogens is 320 g/mol. The zero-order valence-electron chi connectivity index (χ0n) is 14.5. The summed E-state index contributed by atoms with van der Waals surface area (Å²) in [6, 6.07) is 11.9. The monoisotopic (exact) mass is 342 g/mol. The van der Waals surface area contributed by atoms with Crippen LogP contribution in [0.3, 0.4) is 0 Å². The summed E-state index contributed by atoms with van der Waals surface area (Å²) in [6.45, 7) is 3.89. The van der Waals surface area contributed by atoms with Gasteiger partial charge in [-0.15, -0.1) is 0 Å². The Kier molecular flexibility index (Phi) is 6.39. The topological polar surface area (TPSA) is 80.2 Å². The van der Waals surface area contributed by atoms with Crippen molar-refractivity contribution in [1.29, 1.82) is 0 Å². The Morgan fingerprint density at radius 1 is 1.20 bits per heavy atom. The molecule has 0 aliphatic heterocycles. The van der Waals surface area contributed by atoms with Gasteiger partial charge < -0.3 is 14.6 Å². The summed E-state index contributed by atoms with van der Waals surface area (Å²) in [5.74, 6) is 1.19. The summed E-state index contributed by atoms with van der Waals surface area (Å²) in [6.07, 6.45) is 1.77. The van der Waals surface area contributed by atoms with Crippen LogP contribution in [0.15, 0.2) is 47.6 Å². The van der Waals surface area contributed by atoms with E-state index in [4.69, 9.17) is 9.47 Å². The molecule has 2 N–H and O–H groups in total. The molecule has 2 aromatic rings. The van der Waals surface area contributed by atoms with Crippen molar-refractivity contribution in [2.45, 2.75) is 26.4 Å². The average molecular weight is 342 g/mol. The highest BCUT2D eigenvalue weighted by Gasteiger charge is 2.07.